The van der Waals surface area contributed by atoms with Crippen LogP contribution in [0, 0.1) is 5.41 Å². The molecule has 0 saturated carbocycles. The molecule has 0 saturated heterocycles. The summed E-state index contributed by atoms with van der Waals surface area (Å²) in [5.41, 5.74) is 8.67. The predicted molar refractivity (Wildman–Crippen MR) is 87.9 cm³/mol. The number of hydrogen-bond acceptors (Lipinski definition) is 3. The summed E-state index contributed by atoms with van der Waals surface area (Å²) in [6.45, 7) is 6.61. The zero-order chi connectivity index (χ0) is 14.6. The van der Waals surface area contributed by atoms with Crippen LogP contribution in [0.4, 0.5) is 0 Å². The Hall–Kier alpha value is -1.19. The van der Waals surface area contributed by atoms with Crippen molar-refractivity contribution in [3.63, 3.8) is 0 Å². The number of nitrogens with zero attached hydrogens (tertiary/aromatic N) is 1. The van der Waals surface area contributed by atoms with Crippen LogP contribution in [0.2, 0.25) is 0 Å². The van der Waals surface area contributed by atoms with Gasteiger partial charge in [0.15, 0.2) is 0 Å². The highest BCUT2D eigenvalue weighted by atomic mass is 32.1. The van der Waals surface area contributed by atoms with Gasteiger partial charge < -0.3 is 5.73 Å². The Kier molecular flexibility index (Phi) is 4.95. The van der Waals surface area contributed by atoms with E-state index in [2.05, 4.69) is 50.4 Å². The van der Waals surface area contributed by atoms with Gasteiger partial charge in [-0.3, -0.25) is 0 Å². The number of hydrogen-bond donors (Lipinski definition) is 1. The van der Waals surface area contributed by atoms with Crippen molar-refractivity contribution >= 4 is 11.3 Å². The van der Waals surface area contributed by atoms with Gasteiger partial charge in [-0.05, 0) is 24.7 Å². The molecule has 0 aliphatic rings. The summed E-state index contributed by atoms with van der Waals surface area (Å²) in [5, 5.41) is 3.36. The van der Waals surface area contributed by atoms with E-state index in [1.165, 1.54) is 10.6 Å². The van der Waals surface area contributed by atoms with E-state index in [0.29, 0.717) is 0 Å². The molecule has 3 heteroatoms. The smallest absolute Gasteiger partial charge is 0.0932 e. The summed E-state index contributed by atoms with van der Waals surface area (Å²) in [5.74, 6) is 0. The van der Waals surface area contributed by atoms with Crippen LogP contribution in [-0.2, 0) is 6.42 Å². The summed E-state index contributed by atoms with van der Waals surface area (Å²) in [4.78, 5) is 4.72. The molecule has 1 atom stereocenters. The van der Waals surface area contributed by atoms with E-state index in [9.17, 15) is 0 Å². The molecule has 1 unspecified atom stereocenters. The number of thiazole rings is 1. The van der Waals surface area contributed by atoms with Crippen LogP contribution in [0.3, 0.4) is 0 Å². The van der Waals surface area contributed by atoms with E-state index >= 15 is 0 Å². The fourth-order valence-electron chi connectivity index (χ4n) is 2.07. The summed E-state index contributed by atoms with van der Waals surface area (Å²) >= 11 is 1.75. The van der Waals surface area contributed by atoms with Crippen molar-refractivity contribution in [3.8, 4) is 11.3 Å². The lowest BCUT2D eigenvalue weighted by molar-refractivity contribution is 0.301. The number of aryl methyl sites for hydroxylation is 1. The van der Waals surface area contributed by atoms with E-state index in [-0.39, 0.29) is 11.5 Å². The van der Waals surface area contributed by atoms with Crippen molar-refractivity contribution in [2.24, 2.45) is 11.1 Å². The molecule has 2 nitrogen and oxygen atoms in total. The molecule has 20 heavy (non-hydrogen) atoms. The Balaban J connectivity index is 1.88. The first-order valence-corrected chi connectivity index (χ1v) is 8.10. The lowest BCUT2D eigenvalue weighted by atomic mass is 9.84. The largest absolute Gasteiger partial charge is 0.327 e. The van der Waals surface area contributed by atoms with Gasteiger partial charge in [0.1, 0.15) is 0 Å². The Labute approximate surface area is 126 Å². The highest BCUT2D eigenvalue weighted by Gasteiger charge is 2.19. The minimum Gasteiger partial charge on any atom is -0.327 e. The topological polar surface area (TPSA) is 38.9 Å². The summed E-state index contributed by atoms with van der Waals surface area (Å²) in [7, 11) is 0. The molecule has 0 bridgehead atoms. The number of nitrogens with two attached hydrogens (primary N) is 1. The first-order chi connectivity index (χ1) is 9.47. The van der Waals surface area contributed by atoms with Gasteiger partial charge in [-0.25, -0.2) is 4.98 Å². The molecule has 0 aliphatic heterocycles. The van der Waals surface area contributed by atoms with Crippen molar-refractivity contribution in [1.82, 2.24) is 4.98 Å². The third-order valence-electron chi connectivity index (χ3n) is 3.64. The Morgan fingerprint density at radius 2 is 1.90 bits per heavy atom. The van der Waals surface area contributed by atoms with Gasteiger partial charge in [-0.15, -0.1) is 11.3 Å². The fourth-order valence-corrected chi connectivity index (χ4v) is 2.92. The molecular weight excluding hydrogens is 264 g/mol. The Morgan fingerprint density at radius 3 is 2.55 bits per heavy atom. The van der Waals surface area contributed by atoms with Gasteiger partial charge in [0.05, 0.1) is 10.7 Å². The van der Waals surface area contributed by atoms with Crippen molar-refractivity contribution in [2.75, 3.05) is 0 Å². The minimum atomic E-state index is 0.193. The Bertz CT molecular complexity index is 525. The van der Waals surface area contributed by atoms with E-state index < -0.39 is 0 Å². The second-order valence-electron chi connectivity index (χ2n) is 6.36. The monoisotopic (exact) mass is 288 g/mol. The number of aromatic nitrogens is 1. The zero-order valence-electron chi connectivity index (χ0n) is 12.6. The van der Waals surface area contributed by atoms with Gasteiger partial charge in [-0.2, -0.15) is 0 Å². The van der Waals surface area contributed by atoms with Crippen LogP contribution in [0.15, 0.2) is 35.7 Å². The molecule has 1 heterocycles. The zero-order valence-corrected chi connectivity index (χ0v) is 13.4. The highest BCUT2D eigenvalue weighted by Crippen LogP contribution is 2.24. The molecular formula is C17H24N2S. The van der Waals surface area contributed by atoms with E-state index in [4.69, 9.17) is 10.7 Å². The maximum absolute atomic E-state index is 6.19. The first kappa shape index (κ1) is 15.2. The van der Waals surface area contributed by atoms with Crippen LogP contribution >= 0.6 is 11.3 Å². The van der Waals surface area contributed by atoms with E-state index in [1.807, 2.05) is 6.07 Å². The van der Waals surface area contributed by atoms with E-state index in [1.54, 1.807) is 11.3 Å². The summed E-state index contributed by atoms with van der Waals surface area (Å²) < 4.78 is 0. The van der Waals surface area contributed by atoms with Crippen LogP contribution in [0.5, 0.6) is 0 Å². The molecule has 0 spiro atoms. The molecule has 2 N–H and O–H groups in total. The standard InChI is InChI=1S/C17H24N2S/c1-17(2,3)15(18)10-7-11-16-19-14(12-20-16)13-8-5-4-6-9-13/h4-6,8-9,12,15H,7,10-11,18H2,1-3H3. The summed E-state index contributed by atoms with van der Waals surface area (Å²) in [6, 6.07) is 10.6. The first-order valence-electron chi connectivity index (χ1n) is 7.22. The fraction of sp³-hybridized carbons (Fsp3) is 0.471. The molecule has 0 amide bonds. The SMILES string of the molecule is CC(C)(C)C(N)CCCc1nc(-c2ccccc2)cs1. The molecule has 0 radical (unpaired) electrons. The quantitative estimate of drug-likeness (QED) is 0.879. The second-order valence-corrected chi connectivity index (χ2v) is 7.30. The normalized spacial score (nSPS) is 13.4. The molecule has 0 fully saturated rings. The average molecular weight is 288 g/mol. The predicted octanol–water partition coefficient (Wildman–Crippen LogP) is 4.51. The second kappa shape index (κ2) is 6.51. The van der Waals surface area contributed by atoms with Crippen LogP contribution in [0.1, 0.15) is 38.6 Å². The molecule has 108 valence electrons. The van der Waals surface area contributed by atoms with Crippen molar-refractivity contribution in [1.29, 1.82) is 0 Å². The van der Waals surface area contributed by atoms with E-state index in [0.717, 1.165) is 25.0 Å². The van der Waals surface area contributed by atoms with Gasteiger partial charge in [-0.1, -0.05) is 51.1 Å². The highest BCUT2D eigenvalue weighted by molar-refractivity contribution is 7.09. The maximum atomic E-state index is 6.19. The summed E-state index contributed by atoms with van der Waals surface area (Å²) in [6.07, 6.45) is 3.20. The van der Waals surface area contributed by atoms with Crippen molar-refractivity contribution in [2.45, 2.75) is 46.1 Å². The molecule has 0 aliphatic carbocycles. The lowest BCUT2D eigenvalue weighted by Gasteiger charge is -2.26. The third-order valence-corrected chi connectivity index (χ3v) is 4.55. The molecule has 1 aromatic carbocycles. The van der Waals surface area contributed by atoms with Gasteiger partial charge in [0.25, 0.3) is 0 Å². The van der Waals surface area contributed by atoms with Crippen LogP contribution in [0.25, 0.3) is 11.3 Å². The van der Waals surface area contributed by atoms with Crippen molar-refractivity contribution in [3.05, 3.63) is 40.7 Å². The Morgan fingerprint density at radius 1 is 1.20 bits per heavy atom. The number of rotatable bonds is 5. The van der Waals surface area contributed by atoms with Crippen LogP contribution in [-0.4, -0.2) is 11.0 Å². The molecule has 2 aromatic rings. The lowest BCUT2D eigenvalue weighted by Crippen LogP contribution is -2.34. The molecule has 1 aromatic heterocycles. The minimum absolute atomic E-state index is 0.193. The van der Waals surface area contributed by atoms with Crippen LogP contribution < -0.4 is 5.73 Å². The van der Waals surface area contributed by atoms with Gasteiger partial charge in [0.2, 0.25) is 0 Å². The van der Waals surface area contributed by atoms with Gasteiger partial charge in [0, 0.05) is 17.0 Å². The average Bonchev–Trinajstić information content (AvgIpc) is 2.87. The van der Waals surface area contributed by atoms with Gasteiger partial charge >= 0.3 is 0 Å². The third kappa shape index (κ3) is 4.15. The molecule has 2 rings (SSSR count). The number of benzene rings is 1. The maximum Gasteiger partial charge on any atom is 0.0932 e. The van der Waals surface area contributed by atoms with Crippen molar-refractivity contribution < 1.29 is 0 Å².